The third-order valence-corrected chi connectivity index (χ3v) is 3.03. The molecule has 120 valence electrons. The van der Waals surface area contributed by atoms with Crippen molar-refractivity contribution >= 4 is 12.0 Å². The number of nitrogens with zero attached hydrogens (tertiary/aromatic N) is 1. The SMILES string of the molecule is CNC(=O)/C(C#N)=C1\C=C(NC(=O)OC(C)(C)C)CC(C)C1. The second-order valence-corrected chi connectivity index (χ2v) is 6.40. The van der Waals surface area contributed by atoms with Gasteiger partial charge < -0.3 is 10.1 Å². The fourth-order valence-corrected chi connectivity index (χ4v) is 2.24. The van der Waals surface area contributed by atoms with Gasteiger partial charge in [0.15, 0.2) is 0 Å². The molecule has 0 aromatic rings. The van der Waals surface area contributed by atoms with E-state index >= 15 is 0 Å². The molecule has 1 rings (SSSR count). The maximum Gasteiger partial charge on any atom is 0.411 e. The van der Waals surface area contributed by atoms with Crippen LogP contribution in [0.2, 0.25) is 0 Å². The zero-order chi connectivity index (χ0) is 16.9. The van der Waals surface area contributed by atoms with Crippen LogP contribution in [0.25, 0.3) is 0 Å². The molecule has 1 atom stereocenters. The average Bonchev–Trinajstić information content (AvgIpc) is 2.36. The second-order valence-electron chi connectivity index (χ2n) is 6.40. The third kappa shape index (κ3) is 5.24. The highest BCUT2D eigenvalue weighted by Gasteiger charge is 2.23. The van der Waals surface area contributed by atoms with Crippen molar-refractivity contribution in [3.05, 3.63) is 22.9 Å². The number of ether oxygens (including phenoxy) is 1. The molecule has 0 saturated carbocycles. The summed E-state index contributed by atoms with van der Waals surface area (Å²) in [4.78, 5) is 23.6. The minimum absolute atomic E-state index is 0.0811. The summed E-state index contributed by atoms with van der Waals surface area (Å²) in [6.45, 7) is 7.36. The number of likely N-dealkylation sites (N-methyl/N-ethyl adjacent to an activating group) is 1. The molecule has 6 heteroatoms. The molecular formula is C16H23N3O3. The van der Waals surface area contributed by atoms with Gasteiger partial charge in [0.25, 0.3) is 5.91 Å². The highest BCUT2D eigenvalue weighted by molar-refractivity contribution is 5.98. The lowest BCUT2D eigenvalue weighted by Gasteiger charge is -2.24. The summed E-state index contributed by atoms with van der Waals surface area (Å²) in [6.07, 6.45) is 2.44. The first kappa shape index (κ1) is 17.8. The van der Waals surface area contributed by atoms with Gasteiger partial charge in [-0.05, 0) is 51.2 Å². The molecule has 0 bridgehead atoms. The van der Waals surface area contributed by atoms with E-state index in [1.807, 2.05) is 13.0 Å². The molecule has 0 aromatic heterocycles. The Hall–Kier alpha value is -2.29. The molecule has 22 heavy (non-hydrogen) atoms. The van der Waals surface area contributed by atoms with E-state index in [-0.39, 0.29) is 11.5 Å². The Morgan fingerprint density at radius 2 is 2.00 bits per heavy atom. The van der Waals surface area contributed by atoms with Crippen molar-refractivity contribution in [2.24, 2.45) is 5.92 Å². The van der Waals surface area contributed by atoms with Crippen molar-refractivity contribution < 1.29 is 14.3 Å². The van der Waals surface area contributed by atoms with Crippen LogP contribution in [0.15, 0.2) is 22.9 Å². The van der Waals surface area contributed by atoms with Gasteiger partial charge in [0.05, 0.1) is 0 Å². The number of carbonyl (C=O) groups excluding carboxylic acids is 2. The number of hydrogen-bond acceptors (Lipinski definition) is 4. The van der Waals surface area contributed by atoms with E-state index in [1.165, 1.54) is 7.05 Å². The zero-order valence-corrected chi connectivity index (χ0v) is 13.7. The van der Waals surface area contributed by atoms with Crippen molar-refractivity contribution in [1.82, 2.24) is 10.6 Å². The van der Waals surface area contributed by atoms with E-state index in [9.17, 15) is 14.9 Å². The lowest BCUT2D eigenvalue weighted by Crippen LogP contribution is -2.33. The van der Waals surface area contributed by atoms with Crippen molar-refractivity contribution in [2.45, 2.75) is 46.1 Å². The van der Waals surface area contributed by atoms with E-state index in [1.54, 1.807) is 26.8 Å². The van der Waals surface area contributed by atoms with Crippen LogP contribution < -0.4 is 10.6 Å². The summed E-state index contributed by atoms with van der Waals surface area (Å²) in [7, 11) is 1.48. The van der Waals surface area contributed by atoms with E-state index < -0.39 is 17.6 Å². The summed E-state index contributed by atoms with van der Waals surface area (Å²) in [5.41, 5.74) is 0.785. The van der Waals surface area contributed by atoms with Crippen LogP contribution in [0.1, 0.15) is 40.5 Å². The van der Waals surface area contributed by atoms with Gasteiger partial charge in [-0.15, -0.1) is 0 Å². The fourth-order valence-electron chi connectivity index (χ4n) is 2.24. The standard InChI is InChI=1S/C16H23N3O3/c1-10-6-11(13(9-17)14(20)18-5)8-12(7-10)19-15(21)22-16(2,3)4/h8,10H,6-7H2,1-5H3,(H,18,20)(H,19,21)/b13-11-. The first-order valence-corrected chi connectivity index (χ1v) is 7.22. The first-order chi connectivity index (χ1) is 10.2. The third-order valence-electron chi connectivity index (χ3n) is 3.03. The van der Waals surface area contributed by atoms with Crippen molar-refractivity contribution in [2.75, 3.05) is 7.05 Å². The molecule has 0 fully saturated rings. The Balaban J connectivity index is 3.01. The molecule has 1 aliphatic carbocycles. The highest BCUT2D eigenvalue weighted by Crippen LogP contribution is 2.28. The predicted octanol–water partition coefficient (Wildman–Crippen LogP) is 2.39. The Kier molecular flexibility index (Phi) is 5.75. The average molecular weight is 305 g/mol. The largest absolute Gasteiger partial charge is 0.444 e. The lowest BCUT2D eigenvalue weighted by atomic mass is 9.87. The van der Waals surface area contributed by atoms with E-state index in [0.29, 0.717) is 24.1 Å². The van der Waals surface area contributed by atoms with Gasteiger partial charge in [-0.3, -0.25) is 10.1 Å². The molecule has 2 N–H and O–H groups in total. The van der Waals surface area contributed by atoms with Crippen LogP contribution in [-0.4, -0.2) is 24.6 Å². The summed E-state index contributed by atoms with van der Waals surface area (Å²) < 4.78 is 5.22. The molecule has 1 unspecified atom stereocenters. The molecule has 0 aliphatic heterocycles. The van der Waals surface area contributed by atoms with Gasteiger partial charge in [-0.2, -0.15) is 5.26 Å². The van der Waals surface area contributed by atoms with Crippen molar-refractivity contribution in [1.29, 1.82) is 5.26 Å². The number of nitriles is 1. The fraction of sp³-hybridized carbons (Fsp3) is 0.562. The van der Waals surface area contributed by atoms with Crippen molar-refractivity contribution in [3.8, 4) is 6.07 Å². The minimum atomic E-state index is -0.580. The minimum Gasteiger partial charge on any atom is -0.444 e. The van der Waals surface area contributed by atoms with E-state index in [2.05, 4.69) is 10.6 Å². The summed E-state index contributed by atoms with van der Waals surface area (Å²) >= 11 is 0. The van der Waals surface area contributed by atoms with Crippen LogP contribution in [-0.2, 0) is 9.53 Å². The van der Waals surface area contributed by atoms with E-state index in [4.69, 9.17) is 4.74 Å². The number of hydrogen-bond donors (Lipinski definition) is 2. The number of amides is 2. The maximum atomic E-state index is 11.8. The molecule has 0 heterocycles. The van der Waals surface area contributed by atoms with Crippen LogP contribution in [0, 0.1) is 17.2 Å². The van der Waals surface area contributed by atoms with Crippen LogP contribution in [0.5, 0.6) is 0 Å². The molecule has 0 saturated heterocycles. The monoisotopic (exact) mass is 305 g/mol. The molecular weight excluding hydrogens is 282 g/mol. The number of alkyl carbamates (subject to hydrolysis) is 1. The van der Waals surface area contributed by atoms with Crippen LogP contribution in [0.3, 0.4) is 0 Å². The highest BCUT2D eigenvalue weighted by atomic mass is 16.6. The van der Waals surface area contributed by atoms with Gasteiger partial charge in [-0.1, -0.05) is 6.92 Å². The summed E-state index contributed by atoms with van der Waals surface area (Å²) in [6, 6.07) is 1.93. The second kappa shape index (κ2) is 7.12. The van der Waals surface area contributed by atoms with Crippen molar-refractivity contribution in [3.63, 3.8) is 0 Å². The van der Waals surface area contributed by atoms with Gasteiger partial charge in [0, 0.05) is 12.7 Å². The predicted molar refractivity (Wildman–Crippen MR) is 82.6 cm³/mol. The molecule has 1 aliphatic rings. The number of allylic oxidation sites excluding steroid dienone is 3. The topological polar surface area (TPSA) is 91.2 Å². The molecule has 0 radical (unpaired) electrons. The quantitative estimate of drug-likeness (QED) is 0.605. The lowest BCUT2D eigenvalue weighted by molar-refractivity contribution is -0.116. The molecule has 0 spiro atoms. The number of rotatable bonds is 2. The first-order valence-electron chi connectivity index (χ1n) is 7.22. The number of nitrogens with one attached hydrogen (secondary N) is 2. The zero-order valence-electron chi connectivity index (χ0n) is 13.7. The Morgan fingerprint density at radius 1 is 1.36 bits per heavy atom. The summed E-state index contributed by atoms with van der Waals surface area (Å²) in [5.74, 6) is -0.197. The molecule has 2 amide bonds. The van der Waals surface area contributed by atoms with Crippen LogP contribution in [0.4, 0.5) is 4.79 Å². The Bertz CT molecular complexity index is 562. The van der Waals surface area contributed by atoms with Gasteiger partial charge in [-0.25, -0.2) is 4.79 Å². The van der Waals surface area contributed by atoms with Gasteiger partial charge in [0.2, 0.25) is 0 Å². The van der Waals surface area contributed by atoms with E-state index in [0.717, 1.165) is 0 Å². The normalized spacial score (nSPS) is 20.4. The summed E-state index contributed by atoms with van der Waals surface area (Å²) in [5, 5.41) is 14.3. The smallest absolute Gasteiger partial charge is 0.411 e. The number of carbonyl (C=O) groups is 2. The molecule has 0 aromatic carbocycles. The molecule has 6 nitrogen and oxygen atoms in total. The Morgan fingerprint density at radius 3 is 2.50 bits per heavy atom. The Labute approximate surface area is 131 Å². The van der Waals surface area contributed by atoms with Crippen LogP contribution >= 0.6 is 0 Å². The maximum absolute atomic E-state index is 11.8. The van der Waals surface area contributed by atoms with Gasteiger partial charge >= 0.3 is 6.09 Å². The van der Waals surface area contributed by atoms with Gasteiger partial charge in [0.1, 0.15) is 17.2 Å².